The van der Waals surface area contributed by atoms with Gasteiger partial charge in [-0.1, -0.05) is 56.0 Å². The van der Waals surface area contributed by atoms with Gasteiger partial charge < -0.3 is 5.32 Å². The Bertz CT molecular complexity index is 348. The fourth-order valence-electron chi connectivity index (χ4n) is 2.11. The lowest BCUT2D eigenvalue weighted by atomic mass is 9.91. The maximum absolute atomic E-state index is 6.06. The number of rotatable bonds is 6. The highest BCUT2D eigenvalue weighted by Crippen LogP contribution is 2.29. The van der Waals surface area contributed by atoms with Crippen LogP contribution in [0.15, 0.2) is 18.2 Å². The van der Waals surface area contributed by atoms with Crippen molar-refractivity contribution in [1.82, 2.24) is 5.32 Å². The maximum atomic E-state index is 6.06. The molecule has 1 atom stereocenters. The van der Waals surface area contributed by atoms with Crippen LogP contribution in [-0.4, -0.2) is 7.05 Å². The Hall–Kier alpha value is -0.240. The summed E-state index contributed by atoms with van der Waals surface area (Å²) in [7, 11) is 2.00. The van der Waals surface area contributed by atoms with E-state index in [0.29, 0.717) is 16.1 Å². The smallest absolute Gasteiger partial charge is 0.0595 e. The molecule has 17 heavy (non-hydrogen) atoms. The maximum Gasteiger partial charge on any atom is 0.0595 e. The van der Waals surface area contributed by atoms with E-state index in [1.54, 1.807) is 0 Å². The molecule has 0 aliphatic carbocycles. The van der Waals surface area contributed by atoms with Crippen LogP contribution in [0.2, 0.25) is 10.0 Å². The monoisotopic (exact) mass is 273 g/mol. The van der Waals surface area contributed by atoms with Gasteiger partial charge in [-0.25, -0.2) is 0 Å². The fraction of sp³-hybridized carbons (Fsp3) is 0.571. The molecule has 0 radical (unpaired) electrons. The Balaban J connectivity index is 2.82. The van der Waals surface area contributed by atoms with Crippen molar-refractivity contribution in [2.75, 3.05) is 7.05 Å². The third-order valence-corrected chi connectivity index (χ3v) is 4.16. The van der Waals surface area contributed by atoms with Crippen molar-refractivity contribution >= 4 is 23.2 Å². The van der Waals surface area contributed by atoms with E-state index < -0.39 is 0 Å². The van der Waals surface area contributed by atoms with E-state index in [4.69, 9.17) is 23.2 Å². The van der Waals surface area contributed by atoms with Gasteiger partial charge in [0.25, 0.3) is 0 Å². The molecule has 0 bridgehead atoms. The van der Waals surface area contributed by atoms with E-state index in [1.807, 2.05) is 19.2 Å². The molecule has 1 nitrogen and oxygen atoms in total. The second kappa shape index (κ2) is 7.25. The van der Waals surface area contributed by atoms with Gasteiger partial charge in [0.2, 0.25) is 0 Å². The first-order chi connectivity index (χ1) is 8.12. The highest BCUT2D eigenvalue weighted by molar-refractivity contribution is 6.42. The van der Waals surface area contributed by atoms with Gasteiger partial charge in [0, 0.05) is 6.04 Å². The lowest BCUT2D eigenvalue weighted by Crippen LogP contribution is -2.19. The third kappa shape index (κ3) is 4.17. The highest BCUT2D eigenvalue weighted by atomic mass is 35.5. The van der Waals surface area contributed by atoms with Gasteiger partial charge >= 0.3 is 0 Å². The molecule has 1 unspecified atom stereocenters. The summed E-state index contributed by atoms with van der Waals surface area (Å²) in [6.45, 7) is 4.49. The van der Waals surface area contributed by atoms with E-state index in [1.165, 1.54) is 18.4 Å². The molecular formula is C14H21Cl2N. The minimum absolute atomic E-state index is 0.356. The summed E-state index contributed by atoms with van der Waals surface area (Å²) in [6, 6.07) is 6.25. The number of hydrogen-bond acceptors (Lipinski definition) is 1. The summed E-state index contributed by atoms with van der Waals surface area (Å²) in [4.78, 5) is 0. The molecule has 0 fully saturated rings. The first-order valence-electron chi connectivity index (χ1n) is 6.24. The number of halogens is 2. The minimum atomic E-state index is 0.356. The van der Waals surface area contributed by atoms with E-state index >= 15 is 0 Å². The molecule has 1 aromatic carbocycles. The van der Waals surface area contributed by atoms with E-state index in [2.05, 4.69) is 25.2 Å². The van der Waals surface area contributed by atoms with Crippen LogP contribution in [0.5, 0.6) is 0 Å². The van der Waals surface area contributed by atoms with E-state index in [9.17, 15) is 0 Å². The van der Waals surface area contributed by atoms with Crippen LogP contribution in [0.3, 0.4) is 0 Å². The topological polar surface area (TPSA) is 12.0 Å². The van der Waals surface area contributed by atoms with E-state index in [-0.39, 0.29) is 0 Å². The predicted octanol–water partition coefficient (Wildman–Crippen LogP) is 5.08. The molecule has 0 aliphatic rings. The summed E-state index contributed by atoms with van der Waals surface area (Å²) in [5, 5.41) is 4.61. The molecule has 1 aromatic rings. The Labute approximate surface area is 115 Å². The van der Waals surface area contributed by atoms with Gasteiger partial charge in [0.1, 0.15) is 0 Å². The van der Waals surface area contributed by atoms with Gasteiger partial charge in [-0.2, -0.15) is 0 Å². The molecule has 1 N–H and O–H groups in total. The van der Waals surface area contributed by atoms with Crippen molar-refractivity contribution < 1.29 is 0 Å². The van der Waals surface area contributed by atoms with Crippen LogP contribution >= 0.6 is 23.2 Å². The predicted molar refractivity (Wildman–Crippen MR) is 77.0 cm³/mol. The fourth-order valence-corrected chi connectivity index (χ4v) is 2.41. The summed E-state index contributed by atoms with van der Waals surface area (Å²) >= 11 is 12.0. The van der Waals surface area contributed by atoms with E-state index in [0.717, 1.165) is 12.3 Å². The summed E-state index contributed by atoms with van der Waals surface area (Å²) in [6.07, 6.45) is 3.58. The second-order valence-electron chi connectivity index (χ2n) is 4.43. The molecular weight excluding hydrogens is 253 g/mol. The summed E-state index contributed by atoms with van der Waals surface area (Å²) in [5.74, 6) is 0.752. The normalized spacial score (nSPS) is 13.1. The van der Waals surface area contributed by atoms with Gasteiger partial charge in [-0.05, 0) is 37.1 Å². The second-order valence-corrected chi connectivity index (χ2v) is 5.25. The van der Waals surface area contributed by atoms with Crippen molar-refractivity contribution in [3.05, 3.63) is 33.8 Å². The summed E-state index contributed by atoms with van der Waals surface area (Å²) < 4.78 is 0. The number of hydrogen-bond donors (Lipinski definition) is 1. The largest absolute Gasteiger partial charge is 0.313 e. The van der Waals surface area contributed by atoms with Crippen LogP contribution < -0.4 is 5.32 Å². The average Bonchev–Trinajstić information content (AvgIpc) is 2.35. The van der Waals surface area contributed by atoms with Gasteiger partial charge in [0.15, 0.2) is 0 Å². The van der Waals surface area contributed by atoms with Gasteiger partial charge in [-0.15, -0.1) is 0 Å². The SMILES string of the molecule is CCC(CC)CC(NC)c1ccc(Cl)c(Cl)c1. The van der Waals surface area contributed by atoms with Crippen molar-refractivity contribution in [3.63, 3.8) is 0 Å². The summed E-state index contributed by atoms with van der Waals surface area (Å²) in [5.41, 5.74) is 1.22. The zero-order valence-electron chi connectivity index (χ0n) is 10.8. The highest BCUT2D eigenvalue weighted by Gasteiger charge is 2.15. The van der Waals surface area contributed by atoms with Gasteiger partial charge in [0.05, 0.1) is 10.0 Å². The quantitative estimate of drug-likeness (QED) is 0.762. The van der Waals surface area contributed by atoms with Crippen molar-refractivity contribution in [2.24, 2.45) is 5.92 Å². The lowest BCUT2D eigenvalue weighted by molar-refractivity contribution is 0.385. The van der Waals surface area contributed by atoms with Crippen molar-refractivity contribution in [2.45, 2.75) is 39.2 Å². The van der Waals surface area contributed by atoms with Crippen molar-refractivity contribution in [1.29, 1.82) is 0 Å². The molecule has 0 saturated carbocycles. The van der Waals surface area contributed by atoms with Crippen LogP contribution in [0.4, 0.5) is 0 Å². The first-order valence-corrected chi connectivity index (χ1v) is 7.00. The lowest BCUT2D eigenvalue weighted by Gasteiger charge is -2.22. The van der Waals surface area contributed by atoms with Crippen molar-refractivity contribution in [3.8, 4) is 0 Å². The third-order valence-electron chi connectivity index (χ3n) is 3.42. The molecule has 0 spiro atoms. The molecule has 0 aromatic heterocycles. The Kier molecular flexibility index (Phi) is 6.32. The van der Waals surface area contributed by atoms with Crippen LogP contribution in [0, 0.1) is 5.92 Å². The average molecular weight is 274 g/mol. The first kappa shape index (κ1) is 14.8. The molecule has 1 rings (SSSR count). The zero-order chi connectivity index (χ0) is 12.8. The standard InChI is InChI=1S/C14H21Cl2N/c1-4-10(5-2)8-14(17-3)11-6-7-12(15)13(16)9-11/h6-7,9-10,14,17H,4-5,8H2,1-3H3. The molecule has 0 saturated heterocycles. The van der Waals surface area contributed by atoms with Crippen LogP contribution in [0.1, 0.15) is 44.7 Å². The Morgan fingerprint density at radius 2 is 1.76 bits per heavy atom. The molecule has 3 heteroatoms. The van der Waals surface area contributed by atoms with Crippen LogP contribution in [0.25, 0.3) is 0 Å². The molecule has 96 valence electrons. The zero-order valence-corrected chi connectivity index (χ0v) is 12.3. The number of nitrogens with one attached hydrogen (secondary N) is 1. The molecule has 0 aliphatic heterocycles. The van der Waals surface area contributed by atoms with Crippen LogP contribution in [-0.2, 0) is 0 Å². The minimum Gasteiger partial charge on any atom is -0.313 e. The van der Waals surface area contributed by atoms with Gasteiger partial charge in [-0.3, -0.25) is 0 Å². The molecule has 0 amide bonds. The Morgan fingerprint density at radius 3 is 2.24 bits per heavy atom. The molecule has 0 heterocycles. The Morgan fingerprint density at radius 1 is 1.12 bits per heavy atom. The number of benzene rings is 1.